The molecule has 180 valence electrons. The quantitative estimate of drug-likeness (QED) is 0.512. The van der Waals surface area contributed by atoms with Crippen LogP contribution in [0.5, 0.6) is 0 Å². The highest BCUT2D eigenvalue weighted by Gasteiger charge is 2.29. The van der Waals surface area contributed by atoms with E-state index in [1.165, 1.54) is 6.20 Å². The van der Waals surface area contributed by atoms with Gasteiger partial charge in [-0.15, -0.1) is 0 Å². The lowest BCUT2D eigenvalue weighted by Crippen LogP contribution is -2.42. The summed E-state index contributed by atoms with van der Waals surface area (Å²) in [4.78, 5) is 39.5. The van der Waals surface area contributed by atoms with Crippen molar-refractivity contribution in [3.63, 3.8) is 0 Å². The highest BCUT2D eigenvalue weighted by Crippen LogP contribution is 2.39. The number of quaternary nitrogens is 1. The van der Waals surface area contributed by atoms with E-state index in [1.54, 1.807) is 24.1 Å². The van der Waals surface area contributed by atoms with Crippen molar-refractivity contribution in [3.8, 4) is 0 Å². The standard InChI is InChI=1S/C23H31N9O2/c1-14(2)11-31-20(23(34)24-3)18(10-27-31)30-22(33)19-21(26-9-17(29-19)15-6-7-15)28-16-8-25-13-32(4,5)12-16/h8-10,13-15H,6-7,11-12H2,1-5H3,(H2-,24,26,28,30,33,34)/p+1. The average molecular weight is 467 g/mol. The fourth-order valence-electron chi connectivity index (χ4n) is 3.78. The normalized spacial score (nSPS) is 16.8. The predicted octanol–water partition coefficient (Wildman–Crippen LogP) is 2.19. The van der Waals surface area contributed by atoms with Crippen LogP contribution >= 0.6 is 0 Å². The average Bonchev–Trinajstić information content (AvgIpc) is 3.55. The molecule has 2 aromatic heterocycles. The number of nitrogens with one attached hydrogen (secondary N) is 3. The molecule has 34 heavy (non-hydrogen) atoms. The van der Waals surface area contributed by atoms with Crippen molar-refractivity contribution in [2.75, 3.05) is 38.3 Å². The number of carbonyl (C=O) groups excluding carboxylic acids is 2. The van der Waals surface area contributed by atoms with Gasteiger partial charge in [0.05, 0.1) is 49.8 Å². The number of rotatable bonds is 8. The Morgan fingerprint density at radius 3 is 2.62 bits per heavy atom. The molecular formula is C23H32N9O2+. The lowest BCUT2D eigenvalue weighted by atomic mass is 10.2. The van der Waals surface area contributed by atoms with E-state index in [4.69, 9.17) is 0 Å². The predicted molar refractivity (Wildman–Crippen MR) is 130 cm³/mol. The second kappa shape index (κ2) is 9.34. The van der Waals surface area contributed by atoms with Crippen molar-refractivity contribution in [1.82, 2.24) is 25.1 Å². The summed E-state index contributed by atoms with van der Waals surface area (Å²) in [7, 11) is 5.61. The molecule has 4 rings (SSSR count). The van der Waals surface area contributed by atoms with Crippen LogP contribution in [0.4, 0.5) is 11.5 Å². The number of nitrogens with zero attached hydrogens (tertiary/aromatic N) is 6. The van der Waals surface area contributed by atoms with E-state index in [1.807, 2.05) is 34.3 Å². The van der Waals surface area contributed by atoms with Gasteiger partial charge in [-0.05, 0) is 18.8 Å². The second-order valence-electron chi connectivity index (χ2n) is 9.76. The first kappa shape index (κ1) is 23.6. The van der Waals surface area contributed by atoms with E-state index < -0.39 is 5.91 Å². The Bertz CT molecular complexity index is 1160. The van der Waals surface area contributed by atoms with Gasteiger partial charge in [0.2, 0.25) is 0 Å². The summed E-state index contributed by atoms with van der Waals surface area (Å²) in [6.45, 7) is 5.29. The third-order valence-electron chi connectivity index (χ3n) is 5.54. The molecule has 0 saturated heterocycles. The first-order chi connectivity index (χ1) is 16.2. The molecule has 0 spiro atoms. The molecule has 1 aliphatic heterocycles. The van der Waals surface area contributed by atoms with Crippen LogP contribution < -0.4 is 16.0 Å². The third-order valence-corrected chi connectivity index (χ3v) is 5.54. The Morgan fingerprint density at radius 1 is 1.21 bits per heavy atom. The first-order valence-corrected chi connectivity index (χ1v) is 11.5. The number of carbonyl (C=O) groups is 2. The van der Waals surface area contributed by atoms with Crippen LogP contribution in [-0.2, 0) is 6.54 Å². The Balaban J connectivity index is 1.64. The smallest absolute Gasteiger partial charge is 0.278 e. The molecule has 1 aliphatic carbocycles. The van der Waals surface area contributed by atoms with Gasteiger partial charge in [0.15, 0.2) is 17.9 Å². The van der Waals surface area contributed by atoms with E-state index in [0.717, 1.165) is 24.2 Å². The third kappa shape index (κ3) is 5.30. The molecule has 11 nitrogen and oxygen atoms in total. The van der Waals surface area contributed by atoms with Gasteiger partial charge in [0, 0.05) is 19.5 Å². The molecule has 0 aromatic carbocycles. The topological polar surface area (TPSA) is 126 Å². The van der Waals surface area contributed by atoms with Crippen molar-refractivity contribution in [2.24, 2.45) is 10.9 Å². The van der Waals surface area contributed by atoms with Gasteiger partial charge in [-0.25, -0.2) is 15.0 Å². The van der Waals surface area contributed by atoms with Crippen LogP contribution in [0, 0.1) is 5.92 Å². The zero-order valence-corrected chi connectivity index (χ0v) is 20.3. The van der Waals surface area contributed by atoms with E-state index in [9.17, 15) is 9.59 Å². The van der Waals surface area contributed by atoms with Crippen molar-refractivity contribution < 1.29 is 14.1 Å². The van der Waals surface area contributed by atoms with E-state index in [0.29, 0.717) is 40.7 Å². The largest absolute Gasteiger partial charge is 0.354 e. The summed E-state index contributed by atoms with van der Waals surface area (Å²) >= 11 is 0. The number of amides is 2. The highest BCUT2D eigenvalue weighted by molar-refractivity contribution is 6.09. The zero-order valence-electron chi connectivity index (χ0n) is 20.3. The van der Waals surface area contributed by atoms with Crippen molar-refractivity contribution in [1.29, 1.82) is 0 Å². The van der Waals surface area contributed by atoms with Crippen molar-refractivity contribution >= 4 is 29.7 Å². The number of hydrogen-bond acceptors (Lipinski definition) is 7. The molecule has 3 N–H and O–H groups in total. The first-order valence-electron chi connectivity index (χ1n) is 11.5. The van der Waals surface area contributed by atoms with Gasteiger partial charge in [-0.1, -0.05) is 13.8 Å². The van der Waals surface area contributed by atoms with Crippen LogP contribution in [0.2, 0.25) is 0 Å². The maximum Gasteiger partial charge on any atom is 0.278 e. The van der Waals surface area contributed by atoms with Crippen molar-refractivity contribution in [2.45, 2.75) is 39.2 Å². The molecule has 0 bridgehead atoms. The lowest BCUT2D eigenvalue weighted by molar-refractivity contribution is -0.787. The second-order valence-corrected chi connectivity index (χ2v) is 9.76. The molecule has 2 aromatic rings. The molecular weight excluding hydrogens is 434 g/mol. The van der Waals surface area contributed by atoms with Crippen LogP contribution in [0.15, 0.2) is 29.3 Å². The van der Waals surface area contributed by atoms with Gasteiger partial charge in [0.1, 0.15) is 12.2 Å². The SMILES string of the molecule is CNC(=O)c1c(NC(=O)c2nc(C3CC3)cnc2NC2=CN=C[N+](C)(C)C2)cnn1CC(C)C. The van der Waals surface area contributed by atoms with Crippen LogP contribution in [0.3, 0.4) is 0 Å². The molecule has 0 atom stereocenters. The molecule has 1 saturated carbocycles. The van der Waals surface area contributed by atoms with E-state index in [2.05, 4.69) is 36.0 Å². The van der Waals surface area contributed by atoms with E-state index >= 15 is 0 Å². The Morgan fingerprint density at radius 2 is 1.97 bits per heavy atom. The summed E-state index contributed by atoms with van der Waals surface area (Å²) in [6.07, 6.45) is 8.86. The summed E-state index contributed by atoms with van der Waals surface area (Å²) in [5.74, 6) is 0.173. The molecule has 3 heterocycles. The van der Waals surface area contributed by atoms with Gasteiger partial charge in [-0.3, -0.25) is 18.8 Å². The summed E-state index contributed by atoms with van der Waals surface area (Å²) in [5, 5.41) is 13.0. The lowest BCUT2D eigenvalue weighted by Gasteiger charge is -2.27. The zero-order chi connectivity index (χ0) is 24.5. The Kier molecular flexibility index (Phi) is 6.47. The Labute approximate surface area is 199 Å². The van der Waals surface area contributed by atoms with Crippen molar-refractivity contribution in [3.05, 3.63) is 41.4 Å². The molecule has 2 aliphatic rings. The van der Waals surface area contributed by atoms with Gasteiger partial charge >= 0.3 is 0 Å². The number of aromatic nitrogens is 4. The minimum absolute atomic E-state index is 0.171. The fraction of sp³-hybridized carbons (Fsp3) is 0.478. The maximum atomic E-state index is 13.4. The van der Waals surface area contributed by atoms with Crippen LogP contribution in [-0.4, -0.2) is 70.1 Å². The summed E-state index contributed by atoms with van der Waals surface area (Å²) in [5.41, 5.74) is 2.42. The van der Waals surface area contributed by atoms with Gasteiger partial charge < -0.3 is 16.0 Å². The number of aliphatic imine (C=N–C) groups is 1. The van der Waals surface area contributed by atoms with Crippen LogP contribution in [0.25, 0.3) is 0 Å². The Hall–Kier alpha value is -3.60. The number of anilines is 2. The van der Waals surface area contributed by atoms with E-state index in [-0.39, 0.29) is 17.5 Å². The molecule has 2 amide bonds. The maximum absolute atomic E-state index is 13.4. The van der Waals surface area contributed by atoms with Gasteiger partial charge in [-0.2, -0.15) is 5.10 Å². The minimum Gasteiger partial charge on any atom is -0.354 e. The van der Waals surface area contributed by atoms with Gasteiger partial charge in [0.25, 0.3) is 11.8 Å². The molecule has 0 radical (unpaired) electrons. The monoisotopic (exact) mass is 466 g/mol. The number of likely N-dealkylation sites (N-methyl/N-ethyl adjacent to an activating group) is 1. The fourth-order valence-corrected chi connectivity index (χ4v) is 3.78. The van der Waals surface area contributed by atoms with Crippen LogP contribution in [0.1, 0.15) is 59.3 Å². The molecule has 0 unspecified atom stereocenters. The molecule has 11 heteroatoms. The number of hydrogen-bond donors (Lipinski definition) is 3. The molecule has 1 fully saturated rings. The summed E-state index contributed by atoms with van der Waals surface area (Å²) < 4.78 is 2.17. The highest BCUT2D eigenvalue weighted by atomic mass is 16.2. The summed E-state index contributed by atoms with van der Waals surface area (Å²) in [6, 6.07) is 0. The minimum atomic E-state index is -0.458.